The summed E-state index contributed by atoms with van der Waals surface area (Å²) < 4.78 is 0. The van der Waals surface area contributed by atoms with E-state index < -0.39 is 0 Å². The van der Waals surface area contributed by atoms with Gasteiger partial charge in [-0.15, -0.1) is 37.2 Å². The zero-order valence-electron chi connectivity index (χ0n) is 9.96. The van der Waals surface area contributed by atoms with Crippen LogP contribution in [-0.4, -0.2) is 10.9 Å². The van der Waals surface area contributed by atoms with Gasteiger partial charge in [0, 0.05) is 6.54 Å². The summed E-state index contributed by atoms with van der Waals surface area (Å²) >= 11 is 1.53. The van der Waals surface area contributed by atoms with Crippen LogP contribution in [-0.2, 0) is 6.54 Å². The predicted molar refractivity (Wildman–Crippen MR) is 88.6 cm³/mol. The van der Waals surface area contributed by atoms with E-state index in [1.54, 1.807) is 0 Å². The molecule has 18 heavy (non-hydrogen) atoms. The van der Waals surface area contributed by atoms with Gasteiger partial charge in [-0.2, -0.15) is 0 Å². The fraction of sp³-hybridized carbons (Fsp3) is 0.300. The lowest BCUT2D eigenvalue weighted by atomic mass is 10.2. The van der Waals surface area contributed by atoms with E-state index in [1.807, 2.05) is 31.2 Å². The van der Waals surface area contributed by atoms with Gasteiger partial charge in [-0.25, -0.2) is 4.99 Å². The SMILES string of the molecule is CCSC(N)=Nc1cccc(CNN)c1.Cl.Cl.Cl. The number of aliphatic imine (C=N–C) groups is 1. The summed E-state index contributed by atoms with van der Waals surface area (Å²) in [6.07, 6.45) is 0. The second-order valence-corrected chi connectivity index (χ2v) is 4.22. The summed E-state index contributed by atoms with van der Waals surface area (Å²) in [5, 5.41) is 0.593. The summed E-state index contributed by atoms with van der Waals surface area (Å²) in [6.45, 7) is 2.67. The first-order valence-electron chi connectivity index (χ1n) is 4.75. The predicted octanol–water partition coefficient (Wildman–Crippen LogP) is 2.61. The van der Waals surface area contributed by atoms with Crippen LogP contribution in [0.25, 0.3) is 0 Å². The topological polar surface area (TPSA) is 76.4 Å². The van der Waals surface area contributed by atoms with Crippen molar-refractivity contribution in [3.8, 4) is 0 Å². The number of amidine groups is 1. The molecule has 1 rings (SSSR count). The van der Waals surface area contributed by atoms with E-state index >= 15 is 0 Å². The maximum atomic E-state index is 5.71. The van der Waals surface area contributed by atoms with Crippen LogP contribution < -0.4 is 17.0 Å². The molecule has 0 atom stereocenters. The Kier molecular flexibility index (Phi) is 16.9. The van der Waals surface area contributed by atoms with Gasteiger partial charge < -0.3 is 5.73 Å². The van der Waals surface area contributed by atoms with E-state index in [-0.39, 0.29) is 37.2 Å². The van der Waals surface area contributed by atoms with Gasteiger partial charge in [0.05, 0.1) is 5.69 Å². The highest BCUT2D eigenvalue weighted by molar-refractivity contribution is 8.13. The molecule has 0 spiro atoms. The second-order valence-electron chi connectivity index (χ2n) is 2.93. The minimum atomic E-state index is 0. The summed E-state index contributed by atoms with van der Waals surface area (Å²) in [4.78, 5) is 4.28. The number of nitrogens with zero attached hydrogens (tertiary/aromatic N) is 1. The zero-order valence-corrected chi connectivity index (χ0v) is 13.2. The Morgan fingerprint density at radius 1 is 1.33 bits per heavy atom. The van der Waals surface area contributed by atoms with Crippen molar-refractivity contribution in [3.63, 3.8) is 0 Å². The highest BCUT2D eigenvalue weighted by Crippen LogP contribution is 2.15. The highest BCUT2D eigenvalue weighted by atomic mass is 35.5. The third-order valence-corrected chi connectivity index (χ3v) is 2.42. The van der Waals surface area contributed by atoms with Crippen LogP contribution in [0.15, 0.2) is 29.3 Å². The average molecular weight is 334 g/mol. The minimum Gasteiger partial charge on any atom is -0.378 e. The molecule has 0 aliphatic carbocycles. The lowest BCUT2D eigenvalue weighted by molar-refractivity contribution is 0.741. The molecule has 5 N–H and O–H groups in total. The smallest absolute Gasteiger partial charge is 0.159 e. The molecule has 1 aromatic carbocycles. The van der Waals surface area contributed by atoms with Crippen LogP contribution in [0, 0.1) is 0 Å². The van der Waals surface area contributed by atoms with Crippen molar-refractivity contribution in [3.05, 3.63) is 29.8 Å². The molecule has 0 fully saturated rings. The molecule has 0 heterocycles. The molecular weight excluding hydrogens is 315 g/mol. The Balaban J connectivity index is -0.000000750. The number of hydrogen-bond donors (Lipinski definition) is 3. The lowest BCUT2D eigenvalue weighted by Crippen LogP contribution is -2.20. The van der Waals surface area contributed by atoms with Gasteiger partial charge in [0.25, 0.3) is 0 Å². The molecule has 1 aromatic rings. The van der Waals surface area contributed by atoms with Crippen molar-refractivity contribution < 1.29 is 0 Å². The quantitative estimate of drug-likeness (QED) is 0.343. The number of benzene rings is 1. The van der Waals surface area contributed by atoms with Crippen molar-refractivity contribution in [2.45, 2.75) is 13.5 Å². The fourth-order valence-electron chi connectivity index (χ4n) is 1.16. The molecule has 4 nitrogen and oxygen atoms in total. The number of thioether (sulfide) groups is 1. The van der Waals surface area contributed by atoms with Crippen LogP contribution >= 0.6 is 49.0 Å². The molecule has 0 amide bonds. The van der Waals surface area contributed by atoms with Gasteiger partial charge in [-0.1, -0.05) is 30.8 Å². The number of hydrazine groups is 1. The molecule has 8 heteroatoms. The Labute approximate surface area is 131 Å². The number of halogens is 3. The summed E-state index contributed by atoms with van der Waals surface area (Å²) in [5.74, 6) is 6.17. The molecule has 0 saturated heterocycles. The molecule has 0 radical (unpaired) electrons. The van der Waals surface area contributed by atoms with Crippen molar-refractivity contribution in [1.29, 1.82) is 0 Å². The third-order valence-electron chi connectivity index (χ3n) is 1.75. The zero-order chi connectivity index (χ0) is 11.1. The summed E-state index contributed by atoms with van der Waals surface area (Å²) in [7, 11) is 0. The highest BCUT2D eigenvalue weighted by Gasteiger charge is 1.95. The Bertz CT molecular complexity index is 350. The van der Waals surface area contributed by atoms with Crippen molar-refractivity contribution in [1.82, 2.24) is 5.43 Å². The first-order valence-corrected chi connectivity index (χ1v) is 5.74. The second kappa shape index (κ2) is 13.3. The summed E-state index contributed by atoms with van der Waals surface area (Å²) in [6, 6.07) is 7.81. The lowest BCUT2D eigenvalue weighted by Gasteiger charge is -2.02. The first kappa shape index (κ1) is 23.0. The van der Waals surface area contributed by atoms with Crippen LogP contribution in [0.4, 0.5) is 5.69 Å². The molecule has 0 bridgehead atoms. The van der Waals surface area contributed by atoms with E-state index in [0.29, 0.717) is 11.7 Å². The van der Waals surface area contributed by atoms with Crippen LogP contribution in [0.3, 0.4) is 0 Å². The van der Waals surface area contributed by atoms with E-state index in [0.717, 1.165) is 17.0 Å². The molecule has 0 aromatic heterocycles. The molecule has 0 aliphatic rings. The maximum absolute atomic E-state index is 5.71. The minimum absolute atomic E-state index is 0. The van der Waals surface area contributed by atoms with Crippen molar-refractivity contribution in [2.24, 2.45) is 16.6 Å². The van der Waals surface area contributed by atoms with Gasteiger partial charge in [0.15, 0.2) is 5.17 Å². The number of nitrogens with two attached hydrogens (primary N) is 2. The van der Waals surface area contributed by atoms with Gasteiger partial charge >= 0.3 is 0 Å². The van der Waals surface area contributed by atoms with Gasteiger partial charge in [-0.05, 0) is 23.4 Å². The number of rotatable bonds is 4. The Morgan fingerprint density at radius 2 is 2.00 bits per heavy atom. The number of nitrogens with one attached hydrogen (secondary N) is 1. The Hall–Kier alpha value is -0.170. The molecule has 0 aliphatic heterocycles. The third kappa shape index (κ3) is 8.85. The molecular formula is C10H19Cl3N4S. The van der Waals surface area contributed by atoms with E-state index in [1.165, 1.54) is 11.8 Å². The molecule has 106 valence electrons. The van der Waals surface area contributed by atoms with Crippen LogP contribution in [0.5, 0.6) is 0 Å². The fourth-order valence-corrected chi connectivity index (χ4v) is 1.63. The van der Waals surface area contributed by atoms with Crippen LogP contribution in [0.2, 0.25) is 0 Å². The van der Waals surface area contributed by atoms with E-state index in [2.05, 4.69) is 10.4 Å². The average Bonchev–Trinajstić information content (AvgIpc) is 2.19. The van der Waals surface area contributed by atoms with Gasteiger partial charge in [-0.3, -0.25) is 11.3 Å². The van der Waals surface area contributed by atoms with E-state index in [9.17, 15) is 0 Å². The largest absolute Gasteiger partial charge is 0.378 e. The van der Waals surface area contributed by atoms with E-state index in [4.69, 9.17) is 11.6 Å². The maximum Gasteiger partial charge on any atom is 0.159 e. The standard InChI is InChI=1S/C10H16N4S.3ClH/c1-2-15-10(11)14-9-5-3-4-8(6-9)7-13-12;;;/h3-6,13H,2,7,12H2,1H3,(H2,11,14);3*1H. The monoisotopic (exact) mass is 332 g/mol. The van der Waals surface area contributed by atoms with Gasteiger partial charge in [0.1, 0.15) is 0 Å². The van der Waals surface area contributed by atoms with Crippen molar-refractivity contribution in [2.75, 3.05) is 5.75 Å². The van der Waals surface area contributed by atoms with Crippen molar-refractivity contribution >= 4 is 59.8 Å². The normalized spacial score (nSPS) is 9.78. The Morgan fingerprint density at radius 3 is 2.56 bits per heavy atom. The first-order chi connectivity index (χ1) is 7.26. The van der Waals surface area contributed by atoms with Gasteiger partial charge in [0.2, 0.25) is 0 Å². The molecule has 0 saturated carbocycles. The molecule has 0 unspecified atom stereocenters. The number of hydrogen-bond acceptors (Lipinski definition) is 4. The summed E-state index contributed by atoms with van der Waals surface area (Å²) in [5.41, 5.74) is 10.3. The van der Waals surface area contributed by atoms with Crippen LogP contribution in [0.1, 0.15) is 12.5 Å².